The van der Waals surface area contributed by atoms with E-state index >= 15 is 0 Å². The lowest BCUT2D eigenvalue weighted by Crippen LogP contribution is -2.25. The zero-order chi connectivity index (χ0) is 17.7. The summed E-state index contributed by atoms with van der Waals surface area (Å²) in [5.74, 6) is 2.05. The highest BCUT2D eigenvalue weighted by atomic mass is 16.5. The molecular formula is C20H25N3O2. The molecule has 1 aliphatic heterocycles. The standard InChI is InChI=1S/C20H25N3O2/c1-11(2)19-18-15(10-17(24)21-20(18)23(3)22-19)14-8-12-6-5-7-13(12)9-16(14)25-4/h8-9,11,15H,5-7,10H2,1-4H3,(H,21,24)/t15-/m0/s1. The summed E-state index contributed by atoms with van der Waals surface area (Å²) >= 11 is 0. The highest BCUT2D eigenvalue weighted by Gasteiger charge is 2.35. The number of rotatable bonds is 3. The first-order valence-electron chi connectivity index (χ1n) is 9.06. The van der Waals surface area contributed by atoms with Crippen molar-refractivity contribution in [1.29, 1.82) is 0 Å². The van der Waals surface area contributed by atoms with Crippen molar-refractivity contribution in [3.05, 3.63) is 40.1 Å². The Kier molecular flexibility index (Phi) is 3.82. The van der Waals surface area contributed by atoms with Crippen LogP contribution in [0.4, 0.5) is 5.82 Å². The van der Waals surface area contributed by atoms with E-state index in [9.17, 15) is 4.79 Å². The fourth-order valence-electron chi connectivity index (χ4n) is 4.29. The van der Waals surface area contributed by atoms with Gasteiger partial charge in [0.15, 0.2) is 0 Å². The number of methoxy groups -OCH3 is 1. The third-order valence-corrected chi connectivity index (χ3v) is 5.47. The van der Waals surface area contributed by atoms with E-state index < -0.39 is 0 Å². The van der Waals surface area contributed by atoms with Crippen LogP contribution >= 0.6 is 0 Å². The van der Waals surface area contributed by atoms with Gasteiger partial charge in [0.2, 0.25) is 5.91 Å². The Balaban J connectivity index is 1.92. The molecule has 132 valence electrons. The van der Waals surface area contributed by atoms with Crippen molar-refractivity contribution in [2.45, 2.75) is 51.4 Å². The third-order valence-electron chi connectivity index (χ3n) is 5.47. The molecule has 0 unspecified atom stereocenters. The molecule has 5 heteroatoms. The highest BCUT2D eigenvalue weighted by molar-refractivity contribution is 5.94. The molecular weight excluding hydrogens is 314 g/mol. The van der Waals surface area contributed by atoms with Crippen LogP contribution < -0.4 is 10.1 Å². The van der Waals surface area contributed by atoms with Crippen molar-refractivity contribution in [2.75, 3.05) is 12.4 Å². The molecule has 1 aromatic carbocycles. The number of fused-ring (bicyclic) bond motifs is 2. The van der Waals surface area contributed by atoms with Gasteiger partial charge >= 0.3 is 0 Å². The number of carbonyl (C=O) groups excluding carboxylic acids is 1. The summed E-state index contributed by atoms with van der Waals surface area (Å²) in [6.45, 7) is 4.30. The molecule has 0 radical (unpaired) electrons. The summed E-state index contributed by atoms with van der Waals surface area (Å²) in [5.41, 5.74) is 6.11. The molecule has 2 aromatic rings. The summed E-state index contributed by atoms with van der Waals surface area (Å²) in [7, 11) is 3.61. The zero-order valence-corrected chi connectivity index (χ0v) is 15.3. The summed E-state index contributed by atoms with van der Waals surface area (Å²) in [4.78, 5) is 12.4. The molecule has 2 aliphatic rings. The van der Waals surface area contributed by atoms with Gasteiger partial charge in [0.05, 0.1) is 12.8 Å². The number of amides is 1. The lowest BCUT2D eigenvalue weighted by Gasteiger charge is -2.27. The molecule has 1 N–H and O–H groups in total. The number of nitrogens with zero attached hydrogens (tertiary/aromatic N) is 2. The lowest BCUT2D eigenvalue weighted by atomic mass is 9.82. The van der Waals surface area contributed by atoms with E-state index in [0.717, 1.165) is 41.2 Å². The molecule has 0 saturated carbocycles. The van der Waals surface area contributed by atoms with Gasteiger partial charge in [0, 0.05) is 30.5 Å². The summed E-state index contributed by atoms with van der Waals surface area (Å²) in [5, 5.41) is 7.70. The van der Waals surface area contributed by atoms with E-state index in [2.05, 4.69) is 31.3 Å². The van der Waals surface area contributed by atoms with E-state index in [1.807, 2.05) is 7.05 Å². The average Bonchev–Trinajstić information content (AvgIpc) is 3.17. The number of hydrogen-bond donors (Lipinski definition) is 1. The molecule has 1 atom stereocenters. The van der Waals surface area contributed by atoms with E-state index in [-0.39, 0.29) is 11.8 Å². The Hall–Kier alpha value is -2.30. The van der Waals surface area contributed by atoms with Crippen LogP contribution in [-0.2, 0) is 24.7 Å². The fourth-order valence-corrected chi connectivity index (χ4v) is 4.29. The van der Waals surface area contributed by atoms with E-state index in [0.29, 0.717) is 12.3 Å². The number of aromatic nitrogens is 2. The first kappa shape index (κ1) is 16.2. The summed E-state index contributed by atoms with van der Waals surface area (Å²) in [6.07, 6.45) is 3.87. The van der Waals surface area contributed by atoms with Crippen LogP contribution in [0.5, 0.6) is 5.75 Å². The van der Waals surface area contributed by atoms with Crippen LogP contribution in [0, 0.1) is 0 Å². The maximum Gasteiger partial charge on any atom is 0.226 e. The molecule has 2 heterocycles. The van der Waals surface area contributed by atoms with E-state index in [1.54, 1.807) is 11.8 Å². The van der Waals surface area contributed by atoms with Gasteiger partial charge in [-0.15, -0.1) is 0 Å². The first-order valence-corrected chi connectivity index (χ1v) is 9.06. The number of hydrogen-bond acceptors (Lipinski definition) is 3. The largest absolute Gasteiger partial charge is 0.496 e. The Morgan fingerprint density at radius 2 is 2.00 bits per heavy atom. The molecule has 1 amide bonds. The van der Waals surface area contributed by atoms with Crippen LogP contribution in [0.15, 0.2) is 12.1 Å². The minimum Gasteiger partial charge on any atom is -0.496 e. The van der Waals surface area contributed by atoms with Crippen molar-refractivity contribution in [3.63, 3.8) is 0 Å². The van der Waals surface area contributed by atoms with Crippen LogP contribution in [0.25, 0.3) is 0 Å². The van der Waals surface area contributed by atoms with Gasteiger partial charge in [0.1, 0.15) is 11.6 Å². The molecule has 1 aliphatic carbocycles. The number of aryl methyl sites for hydroxylation is 3. The number of ether oxygens (including phenoxy) is 1. The maximum absolute atomic E-state index is 12.4. The first-order chi connectivity index (χ1) is 12.0. The molecule has 25 heavy (non-hydrogen) atoms. The second-order valence-electron chi connectivity index (χ2n) is 7.45. The topological polar surface area (TPSA) is 56.1 Å². The summed E-state index contributed by atoms with van der Waals surface area (Å²) < 4.78 is 7.52. The maximum atomic E-state index is 12.4. The zero-order valence-electron chi connectivity index (χ0n) is 15.3. The SMILES string of the molecule is COc1cc2c(cc1[C@@H]1CC(=O)Nc3c1c(C(C)C)nn3C)CCC2. The normalized spacial score (nSPS) is 18.9. The van der Waals surface area contributed by atoms with Gasteiger partial charge in [-0.25, -0.2) is 0 Å². The molecule has 1 aromatic heterocycles. The summed E-state index contributed by atoms with van der Waals surface area (Å²) in [6, 6.07) is 4.45. The number of nitrogens with one attached hydrogen (secondary N) is 1. The van der Waals surface area contributed by atoms with E-state index in [1.165, 1.54) is 17.5 Å². The molecule has 0 fully saturated rings. The third kappa shape index (κ3) is 2.53. The number of anilines is 1. The minimum atomic E-state index is -0.00398. The van der Waals surface area contributed by atoms with Crippen molar-refractivity contribution < 1.29 is 9.53 Å². The monoisotopic (exact) mass is 339 g/mol. The Labute approximate surface area is 148 Å². The minimum absolute atomic E-state index is 0.00398. The molecule has 0 bridgehead atoms. The molecule has 4 rings (SSSR count). The Morgan fingerprint density at radius 1 is 1.28 bits per heavy atom. The van der Waals surface area contributed by atoms with E-state index in [4.69, 9.17) is 9.84 Å². The van der Waals surface area contributed by atoms with Crippen LogP contribution in [-0.4, -0.2) is 22.8 Å². The molecule has 0 spiro atoms. The smallest absolute Gasteiger partial charge is 0.226 e. The van der Waals surface area contributed by atoms with Crippen molar-refractivity contribution in [3.8, 4) is 5.75 Å². The van der Waals surface area contributed by atoms with Gasteiger partial charge in [-0.3, -0.25) is 9.48 Å². The van der Waals surface area contributed by atoms with Crippen molar-refractivity contribution in [1.82, 2.24) is 9.78 Å². The van der Waals surface area contributed by atoms with Crippen molar-refractivity contribution in [2.24, 2.45) is 7.05 Å². The number of benzene rings is 1. The highest BCUT2D eigenvalue weighted by Crippen LogP contribution is 2.45. The second-order valence-corrected chi connectivity index (χ2v) is 7.45. The lowest BCUT2D eigenvalue weighted by molar-refractivity contribution is -0.116. The van der Waals surface area contributed by atoms with Gasteiger partial charge in [-0.1, -0.05) is 19.9 Å². The molecule has 0 saturated heterocycles. The van der Waals surface area contributed by atoms with Gasteiger partial charge < -0.3 is 10.1 Å². The Morgan fingerprint density at radius 3 is 2.68 bits per heavy atom. The van der Waals surface area contributed by atoms with Crippen LogP contribution in [0.3, 0.4) is 0 Å². The van der Waals surface area contributed by atoms with Crippen molar-refractivity contribution >= 4 is 11.7 Å². The van der Waals surface area contributed by atoms with Crippen LogP contribution in [0.1, 0.15) is 66.5 Å². The number of carbonyl (C=O) groups is 1. The quantitative estimate of drug-likeness (QED) is 0.931. The van der Waals surface area contributed by atoms with Crippen LogP contribution in [0.2, 0.25) is 0 Å². The van der Waals surface area contributed by atoms with Gasteiger partial charge in [-0.2, -0.15) is 5.10 Å². The second kappa shape index (κ2) is 5.90. The van der Waals surface area contributed by atoms with Gasteiger partial charge in [-0.05, 0) is 42.4 Å². The fraction of sp³-hybridized carbons (Fsp3) is 0.500. The van der Waals surface area contributed by atoms with Gasteiger partial charge in [0.25, 0.3) is 0 Å². The predicted octanol–water partition coefficient (Wildman–Crippen LogP) is 3.51. The Bertz CT molecular complexity index is 851. The molecule has 5 nitrogen and oxygen atoms in total. The predicted molar refractivity (Wildman–Crippen MR) is 97.4 cm³/mol. The average molecular weight is 339 g/mol.